The molecule has 7 heteroatoms. The monoisotopic (exact) mass is 428 g/mol. The maximum Gasteiger partial charge on any atom is 0.265 e. The molecule has 1 aliphatic heterocycles. The number of ether oxygens (including phenoxy) is 2. The van der Waals surface area contributed by atoms with Gasteiger partial charge in [-0.05, 0) is 31.2 Å². The predicted octanol–water partition coefficient (Wildman–Crippen LogP) is 3.74. The van der Waals surface area contributed by atoms with Gasteiger partial charge in [-0.2, -0.15) is 0 Å². The largest absolute Gasteiger partial charge is 0.485 e. The van der Waals surface area contributed by atoms with Crippen LogP contribution in [0.1, 0.15) is 52.9 Å². The van der Waals surface area contributed by atoms with Gasteiger partial charge in [0.2, 0.25) is 5.91 Å². The van der Waals surface area contributed by atoms with E-state index in [1.807, 2.05) is 12.4 Å². The van der Waals surface area contributed by atoms with Crippen molar-refractivity contribution in [2.24, 2.45) is 0 Å². The summed E-state index contributed by atoms with van der Waals surface area (Å²) in [6.45, 7) is 5.60. The fraction of sp³-hybridized carbons (Fsp3) is 0.478. The fourth-order valence-corrected chi connectivity index (χ4v) is 4.59. The molecule has 1 atom stereocenters. The summed E-state index contributed by atoms with van der Waals surface area (Å²) < 4.78 is 11.2. The molecule has 1 N–H and O–H groups in total. The summed E-state index contributed by atoms with van der Waals surface area (Å²) in [6.07, 6.45) is 2.19. The Bertz CT molecular complexity index is 933. The van der Waals surface area contributed by atoms with E-state index >= 15 is 0 Å². The van der Waals surface area contributed by atoms with E-state index in [1.165, 1.54) is 22.5 Å². The lowest BCUT2D eigenvalue weighted by Gasteiger charge is -2.26. The second-order valence-corrected chi connectivity index (χ2v) is 9.33. The zero-order valence-electron chi connectivity index (χ0n) is 17.7. The molecule has 0 spiro atoms. The van der Waals surface area contributed by atoms with Crippen LogP contribution in [0.3, 0.4) is 0 Å². The van der Waals surface area contributed by atoms with Gasteiger partial charge in [0.25, 0.3) is 5.91 Å². The molecular weight excluding hydrogens is 400 g/mol. The van der Waals surface area contributed by atoms with Crippen LogP contribution in [0.5, 0.6) is 11.5 Å². The lowest BCUT2D eigenvalue weighted by molar-refractivity contribution is -0.130. The van der Waals surface area contributed by atoms with Crippen molar-refractivity contribution in [3.8, 4) is 11.5 Å². The number of hydrogen-bond acceptors (Lipinski definition) is 5. The number of carbonyl (C=O) groups is 2. The zero-order valence-corrected chi connectivity index (χ0v) is 18.5. The van der Waals surface area contributed by atoms with E-state index in [9.17, 15) is 9.59 Å². The molecule has 1 fully saturated rings. The number of amides is 2. The highest BCUT2D eigenvalue weighted by atomic mass is 32.1. The Kier molecular flexibility index (Phi) is 5.73. The summed E-state index contributed by atoms with van der Waals surface area (Å²) in [5, 5.41) is 4.95. The number of hydrogen-bond donors (Lipinski definition) is 1. The van der Waals surface area contributed by atoms with Crippen LogP contribution in [0, 0.1) is 6.92 Å². The Morgan fingerprint density at radius 2 is 1.90 bits per heavy atom. The van der Waals surface area contributed by atoms with Crippen molar-refractivity contribution in [1.29, 1.82) is 0 Å². The Hall–Kier alpha value is -2.54. The van der Waals surface area contributed by atoms with E-state index in [1.54, 1.807) is 4.90 Å². The molecule has 160 valence electrons. The quantitative estimate of drug-likeness (QED) is 0.730. The minimum atomic E-state index is -0.346. The Morgan fingerprint density at radius 3 is 2.60 bits per heavy atom. The van der Waals surface area contributed by atoms with Crippen molar-refractivity contribution in [2.75, 3.05) is 26.8 Å². The molecule has 1 aliphatic carbocycles. The van der Waals surface area contributed by atoms with Crippen molar-refractivity contribution in [1.82, 2.24) is 10.2 Å². The maximum atomic E-state index is 12.8. The second-order valence-electron chi connectivity index (χ2n) is 8.46. The van der Waals surface area contributed by atoms with Crippen molar-refractivity contribution in [3.63, 3.8) is 0 Å². The third kappa shape index (κ3) is 4.46. The summed E-state index contributed by atoms with van der Waals surface area (Å²) in [4.78, 5) is 27.9. The molecule has 0 saturated heterocycles. The van der Waals surface area contributed by atoms with Gasteiger partial charge >= 0.3 is 0 Å². The first kappa shape index (κ1) is 20.7. The smallest absolute Gasteiger partial charge is 0.265 e. The molecule has 2 amide bonds. The number of benzene rings is 1. The first-order valence-corrected chi connectivity index (χ1v) is 11.2. The number of carbonyl (C=O) groups excluding carboxylic acids is 2. The Labute approximate surface area is 181 Å². The number of nitrogens with one attached hydrogen (secondary N) is 1. The van der Waals surface area contributed by atoms with Crippen molar-refractivity contribution in [2.45, 2.75) is 44.6 Å². The third-order valence-electron chi connectivity index (χ3n) is 5.83. The van der Waals surface area contributed by atoms with Crippen molar-refractivity contribution < 1.29 is 19.1 Å². The van der Waals surface area contributed by atoms with Gasteiger partial charge in [-0.25, -0.2) is 0 Å². The van der Waals surface area contributed by atoms with E-state index < -0.39 is 0 Å². The van der Waals surface area contributed by atoms with Gasteiger partial charge in [0.1, 0.15) is 18.1 Å². The van der Waals surface area contributed by atoms with Crippen LogP contribution in [0.4, 0.5) is 0 Å². The van der Waals surface area contributed by atoms with Crippen molar-refractivity contribution in [3.05, 3.63) is 45.6 Å². The molecular formula is C23H28N2O4S. The molecule has 4 rings (SSSR count). The molecule has 2 aliphatic rings. The van der Waals surface area contributed by atoms with Crippen LogP contribution >= 0.6 is 11.3 Å². The molecule has 1 saturated carbocycles. The zero-order chi connectivity index (χ0) is 21.3. The molecule has 1 aromatic carbocycles. The summed E-state index contributed by atoms with van der Waals surface area (Å²) >= 11 is 1.33. The highest BCUT2D eigenvalue weighted by Crippen LogP contribution is 2.41. The first-order chi connectivity index (χ1) is 14.4. The standard InChI is InChI=1S/C23H28N2O4S/c1-15-4-6-17(7-5-15)16(2)12-19(26)25(3)14-23(8-9-23)24-22(27)21-20-18(13-30-21)28-10-11-29-20/h4-7,13,16H,8-12,14H2,1-3H3,(H,24,27). The lowest BCUT2D eigenvalue weighted by Crippen LogP contribution is -2.46. The molecule has 30 heavy (non-hydrogen) atoms. The third-order valence-corrected chi connectivity index (χ3v) is 6.77. The number of aryl methyl sites for hydroxylation is 1. The average Bonchev–Trinajstić information content (AvgIpc) is 3.33. The van der Waals surface area contributed by atoms with Crippen LogP contribution < -0.4 is 14.8 Å². The van der Waals surface area contributed by atoms with Gasteiger partial charge < -0.3 is 19.7 Å². The van der Waals surface area contributed by atoms with Gasteiger partial charge in [0, 0.05) is 25.4 Å². The normalized spacial score (nSPS) is 17.2. The number of rotatable bonds is 7. The molecule has 2 heterocycles. The predicted molar refractivity (Wildman–Crippen MR) is 117 cm³/mol. The van der Waals surface area contributed by atoms with E-state index in [4.69, 9.17) is 9.47 Å². The summed E-state index contributed by atoms with van der Waals surface area (Å²) in [5.74, 6) is 1.27. The van der Waals surface area contributed by atoms with Crippen LogP contribution in [0.25, 0.3) is 0 Å². The number of fused-ring (bicyclic) bond motifs is 1. The molecule has 0 radical (unpaired) electrons. The summed E-state index contributed by atoms with van der Waals surface area (Å²) in [6, 6.07) is 8.33. The number of thiophene rings is 1. The van der Waals surface area contributed by atoms with Crippen LogP contribution in [-0.2, 0) is 4.79 Å². The Balaban J connectivity index is 1.34. The van der Waals surface area contributed by atoms with E-state index in [0.717, 1.165) is 12.8 Å². The summed E-state index contributed by atoms with van der Waals surface area (Å²) in [5.41, 5.74) is 2.03. The van der Waals surface area contributed by atoms with Crippen LogP contribution in [-0.4, -0.2) is 49.1 Å². The van der Waals surface area contributed by atoms with Gasteiger partial charge in [-0.3, -0.25) is 9.59 Å². The fourth-order valence-electron chi connectivity index (χ4n) is 3.76. The summed E-state index contributed by atoms with van der Waals surface area (Å²) in [7, 11) is 1.82. The second kappa shape index (κ2) is 8.30. The molecule has 0 bridgehead atoms. The minimum absolute atomic E-state index is 0.0915. The molecule has 2 aromatic rings. The minimum Gasteiger partial charge on any atom is -0.485 e. The average molecular weight is 429 g/mol. The van der Waals surface area contributed by atoms with Gasteiger partial charge in [-0.15, -0.1) is 11.3 Å². The SMILES string of the molecule is Cc1ccc(C(C)CC(=O)N(C)CC2(NC(=O)c3scc4c3OCCO4)CC2)cc1. The molecule has 6 nitrogen and oxygen atoms in total. The van der Waals surface area contributed by atoms with Gasteiger partial charge in [-0.1, -0.05) is 36.8 Å². The first-order valence-electron chi connectivity index (χ1n) is 10.4. The molecule has 1 unspecified atom stereocenters. The highest BCUT2D eigenvalue weighted by molar-refractivity contribution is 7.12. The van der Waals surface area contributed by atoms with E-state index in [-0.39, 0.29) is 23.3 Å². The highest BCUT2D eigenvalue weighted by Gasteiger charge is 2.46. The number of likely N-dealkylation sites (N-methyl/N-ethyl adjacent to an activating group) is 1. The topological polar surface area (TPSA) is 67.9 Å². The van der Waals surface area contributed by atoms with Gasteiger partial charge in [0.05, 0.1) is 5.54 Å². The number of nitrogens with zero attached hydrogens (tertiary/aromatic N) is 1. The lowest BCUT2D eigenvalue weighted by atomic mass is 9.96. The van der Waals surface area contributed by atoms with Crippen molar-refractivity contribution >= 4 is 23.2 Å². The molecule has 1 aromatic heterocycles. The Morgan fingerprint density at radius 1 is 1.20 bits per heavy atom. The maximum absolute atomic E-state index is 12.8. The van der Waals surface area contributed by atoms with Crippen LogP contribution in [0.15, 0.2) is 29.6 Å². The van der Waals surface area contributed by atoms with Crippen LogP contribution in [0.2, 0.25) is 0 Å². The van der Waals surface area contributed by atoms with Gasteiger partial charge in [0.15, 0.2) is 11.5 Å². The van der Waals surface area contributed by atoms with E-state index in [0.29, 0.717) is 42.6 Å². The van der Waals surface area contributed by atoms with E-state index in [2.05, 4.69) is 43.4 Å².